The van der Waals surface area contributed by atoms with E-state index in [0.717, 1.165) is 0 Å². The van der Waals surface area contributed by atoms with Crippen LogP contribution in [-0.2, 0) is 0 Å². The number of halogens is 1. The van der Waals surface area contributed by atoms with Crippen molar-refractivity contribution < 1.29 is 4.92 Å². The van der Waals surface area contributed by atoms with Crippen LogP contribution in [0.15, 0.2) is 30.9 Å². The highest BCUT2D eigenvalue weighted by Crippen LogP contribution is 2.27. The molecule has 0 aliphatic carbocycles. The van der Waals surface area contributed by atoms with Crippen LogP contribution >= 0.6 is 11.6 Å². The lowest BCUT2D eigenvalue weighted by Gasteiger charge is -2.06. The fraction of sp³-hybridized carbons (Fsp3) is 0.111. The zero-order valence-electron chi connectivity index (χ0n) is 7.31. The summed E-state index contributed by atoms with van der Waals surface area (Å²) in [5.74, 6) is 0. The van der Waals surface area contributed by atoms with Gasteiger partial charge in [0.1, 0.15) is 5.02 Å². The molecular formula is C9H9ClN2O2. The van der Waals surface area contributed by atoms with Gasteiger partial charge in [0.05, 0.1) is 4.92 Å². The van der Waals surface area contributed by atoms with E-state index in [1.807, 2.05) is 0 Å². The molecule has 0 saturated heterocycles. The Bertz CT molecular complexity index is 379. The van der Waals surface area contributed by atoms with Crippen LogP contribution in [-0.4, -0.2) is 4.92 Å². The maximum Gasteiger partial charge on any atom is 0.288 e. The minimum atomic E-state index is -0.540. The third-order valence-corrected chi connectivity index (χ3v) is 2.13. The highest BCUT2D eigenvalue weighted by atomic mass is 35.5. The Hall–Kier alpha value is -1.39. The minimum Gasteiger partial charge on any atom is -0.321 e. The summed E-state index contributed by atoms with van der Waals surface area (Å²) >= 11 is 5.63. The highest BCUT2D eigenvalue weighted by Gasteiger charge is 2.14. The van der Waals surface area contributed by atoms with Gasteiger partial charge in [-0.05, 0) is 11.6 Å². The van der Waals surface area contributed by atoms with Crippen molar-refractivity contribution in [3.63, 3.8) is 0 Å². The van der Waals surface area contributed by atoms with Crippen LogP contribution in [0.2, 0.25) is 5.02 Å². The topological polar surface area (TPSA) is 69.2 Å². The summed E-state index contributed by atoms with van der Waals surface area (Å²) in [4.78, 5) is 10.00. The van der Waals surface area contributed by atoms with Crippen molar-refractivity contribution in [3.05, 3.63) is 51.6 Å². The molecule has 0 radical (unpaired) electrons. The Labute approximate surface area is 86.1 Å². The van der Waals surface area contributed by atoms with Crippen molar-refractivity contribution in [1.29, 1.82) is 0 Å². The van der Waals surface area contributed by atoms with E-state index in [0.29, 0.717) is 5.56 Å². The second-order valence-corrected chi connectivity index (χ2v) is 3.14. The van der Waals surface area contributed by atoms with Crippen LogP contribution in [0.25, 0.3) is 0 Å². The molecule has 0 saturated carbocycles. The van der Waals surface area contributed by atoms with Gasteiger partial charge in [-0.1, -0.05) is 23.7 Å². The molecule has 0 bridgehead atoms. The van der Waals surface area contributed by atoms with Gasteiger partial charge in [0, 0.05) is 12.1 Å². The van der Waals surface area contributed by atoms with Gasteiger partial charge in [-0.15, -0.1) is 6.58 Å². The third-order valence-electron chi connectivity index (χ3n) is 1.81. The minimum absolute atomic E-state index is 0.106. The second-order valence-electron chi connectivity index (χ2n) is 2.73. The van der Waals surface area contributed by atoms with E-state index in [-0.39, 0.29) is 10.7 Å². The van der Waals surface area contributed by atoms with E-state index in [2.05, 4.69) is 6.58 Å². The molecule has 1 aromatic rings. The number of nitrogens with two attached hydrogens (primary N) is 1. The number of hydrogen-bond acceptors (Lipinski definition) is 3. The lowest BCUT2D eigenvalue weighted by atomic mass is 10.1. The zero-order chi connectivity index (χ0) is 10.7. The number of nitro benzene ring substituents is 1. The van der Waals surface area contributed by atoms with Gasteiger partial charge >= 0.3 is 0 Å². The maximum absolute atomic E-state index is 10.5. The van der Waals surface area contributed by atoms with Gasteiger partial charge in [-0.3, -0.25) is 10.1 Å². The summed E-state index contributed by atoms with van der Waals surface area (Å²) in [6.45, 7) is 3.51. The molecule has 0 aliphatic heterocycles. The molecule has 4 nitrogen and oxygen atoms in total. The SMILES string of the molecule is C=CC(N)c1ccc(Cl)c([N+](=O)[O-])c1. The first-order chi connectivity index (χ1) is 6.56. The van der Waals surface area contributed by atoms with E-state index in [9.17, 15) is 10.1 Å². The van der Waals surface area contributed by atoms with Crippen LogP contribution in [0.3, 0.4) is 0 Å². The van der Waals surface area contributed by atoms with Crippen LogP contribution < -0.4 is 5.73 Å². The summed E-state index contributed by atoms with van der Waals surface area (Å²) in [7, 11) is 0. The molecule has 1 aromatic carbocycles. The zero-order valence-corrected chi connectivity index (χ0v) is 8.07. The predicted octanol–water partition coefficient (Wildman–Crippen LogP) is 2.43. The van der Waals surface area contributed by atoms with Gasteiger partial charge in [-0.25, -0.2) is 0 Å². The van der Waals surface area contributed by atoms with E-state index < -0.39 is 11.0 Å². The fourth-order valence-electron chi connectivity index (χ4n) is 1.01. The van der Waals surface area contributed by atoms with Crippen molar-refractivity contribution in [2.75, 3.05) is 0 Å². The lowest BCUT2D eigenvalue weighted by Crippen LogP contribution is -2.06. The van der Waals surface area contributed by atoms with Gasteiger partial charge < -0.3 is 5.73 Å². The van der Waals surface area contributed by atoms with Crippen molar-refractivity contribution >= 4 is 17.3 Å². The Morgan fingerprint density at radius 1 is 1.64 bits per heavy atom. The Morgan fingerprint density at radius 2 is 2.29 bits per heavy atom. The Morgan fingerprint density at radius 3 is 2.79 bits per heavy atom. The monoisotopic (exact) mass is 212 g/mol. The normalized spacial score (nSPS) is 12.1. The fourth-order valence-corrected chi connectivity index (χ4v) is 1.20. The number of rotatable bonds is 3. The van der Waals surface area contributed by atoms with Crippen molar-refractivity contribution in [2.24, 2.45) is 5.73 Å². The molecule has 0 aliphatic rings. The quantitative estimate of drug-likeness (QED) is 0.475. The average molecular weight is 213 g/mol. The molecule has 0 fully saturated rings. The van der Waals surface area contributed by atoms with Crippen molar-refractivity contribution in [2.45, 2.75) is 6.04 Å². The molecule has 2 N–H and O–H groups in total. The van der Waals surface area contributed by atoms with Gasteiger partial charge in [0.2, 0.25) is 0 Å². The second kappa shape index (κ2) is 4.21. The number of nitro groups is 1. The number of nitrogens with zero attached hydrogens (tertiary/aromatic N) is 1. The van der Waals surface area contributed by atoms with Gasteiger partial charge in [0.25, 0.3) is 5.69 Å². The Kier molecular flexibility index (Phi) is 3.22. The molecule has 0 spiro atoms. The summed E-state index contributed by atoms with van der Waals surface area (Å²) in [6, 6.07) is 4.04. The summed E-state index contributed by atoms with van der Waals surface area (Å²) in [5, 5.41) is 10.6. The van der Waals surface area contributed by atoms with Crippen LogP contribution in [0.4, 0.5) is 5.69 Å². The summed E-state index contributed by atoms with van der Waals surface area (Å²) in [5.41, 5.74) is 6.11. The molecule has 5 heteroatoms. The predicted molar refractivity (Wildman–Crippen MR) is 55.2 cm³/mol. The molecule has 0 amide bonds. The summed E-state index contributed by atoms with van der Waals surface area (Å²) < 4.78 is 0. The van der Waals surface area contributed by atoms with E-state index >= 15 is 0 Å². The highest BCUT2D eigenvalue weighted by molar-refractivity contribution is 6.32. The van der Waals surface area contributed by atoms with Crippen molar-refractivity contribution in [1.82, 2.24) is 0 Å². The van der Waals surface area contributed by atoms with E-state index in [4.69, 9.17) is 17.3 Å². The van der Waals surface area contributed by atoms with Crippen LogP contribution in [0.1, 0.15) is 11.6 Å². The first kappa shape index (κ1) is 10.7. The first-order valence-corrected chi connectivity index (χ1v) is 4.26. The average Bonchev–Trinajstić information content (AvgIpc) is 2.17. The lowest BCUT2D eigenvalue weighted by molar-refractivity contribution is -0.384. The van der Waals surface area contributed by atoms with Crippen LogP contribution in [0.5, 0.6) is 0 Å². The number of benzene rings is 1. The largest absolute Gasteiger partial charge is 0.321 e. The van der Waals surface area contributed by atoms with Gasteiger partial charge in [-0.2, -0.15) is 0 Å². The van der Waals surface area contributed by atoms with Crippen molar-refractivity contribution in [3.8, 4) is 0 Å². The van der Waals surface area contributed by atoms with E-state index in [1.54, 1.807) is 6.07 Å². The molecule has 1 unspecified atom stereocenters. The third kappa shape index (κ3) is 2.10. The molecule has 1 atom stereocenters. The first-order valence-electron chi connectivity index (χ1n) is 3.88. The molecular weight excluding hydrogens is 204 g/mol. The molecule has 14 heavy (non-hydrogen) atoms. The Balaban J connectivity index is 3.19. The standard InChI is InChI=1S/C9H9ClN2O2/c1-2-8(11)6-3-4-7(10)9(5-6)12(13)14/h2-5,8H,1,11H2. The van der Waals surface area contributed by atoms with Gasteiger partial charge in [0.15, 0.2) is 0 Å². The molecule has 1 rings (SSSR count). The molecule has 0 heterocycles. The molecule has 74 valence electrons. The number of hydrogen-bond donors (Lipinski definition) is 1. The maximum atomic E-state index is 10.5. The molecule has 0 aromatic heterocycles. The smallest absolute Gasteiger partial charge is 0.288 e. The summed E-state index contributed by atoms with van der Waals surface area (Å²) in [6.07, 6.45) is 1.51. The van der Waals surface area contributed by atoms with E-state index in [1.165, 1.54) is 18.2 Å². The van der Waals surface area contributed by atoms with Crippen LogP contribution in [0, 0.1) is 10.1 Å².